The average molecular weight is 408 g/mol. The molecule has 152 valence electrons. The lowest BCUT2D eigenvalue weighted by molar-refractivity contribution is 0.0686. The minimum Gasteiger partial charge on any atom is -0.478 e. The van der Waals surface area contributed by atoms with Crippen molar-refractivity contribution in [2.75, 3.05) is 0 Å². The fourth-order valence-electron chi connectivity index (χ4n) is 3.50. The van der Waals surface area contributed by atoms with Gasteiger partial charge in [-0.05, 0) is 52.6 Å². The van der Waals surface area contributed by atoms with Gasteiger partial charge in [0.25, 0.3) is 0 Å². The third-order valence-corrected chi connectivity index (χ3v) is 5.30. The number of rotatable bonds is 4. The van der Waals surface area contributed by atoms with Crippen molar-refractivity contribution in [3.8, 4) is 35.8 Å². The highest BCUT2D eigenvalue weighted by atomic mass is 16.4. The van der Waals surface area contributed by atoms with E-state index in [4.69, 9.17) is 23.1 Å². The Hall–Kier alpha value is -4.28. The van der Waals surface area contributed by atoms with Crippen LogP contribution in [0.3, 0.4) is 0 Å². The molecule has 4 heteroatoms. The van der Waals surface area contributed by atoms with Crippen LogP contribution in [0.1, 0.15) is 56.8 Å². The van der Waals surface area contributed by atoms with Crippen LogP contribution in [0.2, 0.25) is 0 Å². The van der Waals surface area contributed by atoms with Crippen LogP contribution in [-0.4, -0.2) is 22.2 Å². The highest BCUT2D eigenvalue weighted by Gasteiger charge is 2.29. The minimum absolute atomic E-state index is 0.103. The van der Waals surface area contributed by atoms with Crippen molar-refractivity contribution in [2.45, 2.75) is 19.3 Å². The summed E-state index contributed by atoms with van der Waals surface area (Å²) in [6, 6.07) is 17.7. The fraction of sp³-hybridized carbons (Fsp3) is 0.111. The van der Waals surface area contributed by atoms with Gasteiger partial charge in [0, 0.05) is 16.5 Å². The second-order valence-corrected chi connectivity index (χ2v) is 7.63. The Morgan fingerprint density at radius 2 is 1.16 bits per heavy atom. The van der Waals surface area contributed by atoms with Crippen molar-refractivity contribution < 1.29 is 19.8 Å². The van der Waals surface area contributed by atoms with E-state index in [9.17, 15) is 9.59 Å². The van der Waals surface area contributed by atoms with E-state index in [-0.39, 0.29) is 11.1 Å². The van der Waals surface area contributed by atoms with E-state index < -0.39 is 17.4 Å². The molecule has 0 bridgehead atoms. The van der Waals surface area contributed by atoms with Gasteiger partial charge in [-0.1, -0.05) is 56.0 Å². The Morgan fingerprint density at radius 3 is 1.42 bits per heavy atom. The van der Waals surface area contributed by atoms with Crippen LogP contribution in [0, 0.1) is 24.7 Å². The second kappa shape index (κ2) is 8.22. The van der Waals surface area contributed by atoms with Crippen LogP contribution in [0.4, 0.5) is 0 Å². The van der Waals surface area contributed by atoms with E-state index in [1.54, 1.807) is 12.1 Å². The smallest absolute Gasteiger partial charge is 0.335 e. The number of carbonyl (C=O) groups is 2. The maximum atomic E-state index is 11.2. The minimum atomic E-state index is -1.06. The fourth-order valence-corrected chi connectivity index (χ4v) is 3.50. The van der Waals surface area contributed by atoms with Gasteiger partial charge in [-0.25, -0.2) is 9.59 Å². The normalized spacial score (nSPS) is 10.7. The van der Waals surface area contributed by atoms with Crippen LogP contribution in [0.5, 0.6) is 0 Å². The van der Waals surface area contributed by atoms with Crippen molar-refractivity contribution in [1.29, 1.82) is 0 Å². The SMILES string of the molecule is C#Cc1cc(C(=O)O)ccc1C(C)(C)c1ccc(C(=O)O)cc1C#C.c1cc2cc-2c1. The molecule has 31 heavy (non-hydrogen) atoms. The Bertz CT molecular complexity index is 1190. The zero-order valence-electron chi connectivity index (χ0n) is 17.1. The predicted molar refractivity (Wildman–Crippen MR) is 120 cm³/mol. The Morgan fingerprint density at radius 1 is 0.742 bits per heavy atom. The van der Waals surface area contributed by atoms with Gasteiger partial charge in [0.2, 0.25) is 0 Å². The van der Waals surface area contributed by atoms with Crippen LogP contribution in [0.25, 0.3) is 11.1 Å². The molecule has 4 rings (SSSR count). The first-order chi connectivity index (χ1) is 14.7. The third-order valence-electron chi connectivity index (χ3n) is 5.30. The lowest BCUT2D eigenvalue weighted by Gasteiger charge is -2.29. The lowest BCUT2D eigenvalue weighted by Crippen LogP contribution is -2.22. The predicted octanol–water partition coefficient (Wildman–Crippen LogP) is 5.04. The van der Waals surface area contributed by atoms with Crippen molar-refractivity contribution in [3.63, 3.8) is 0 Å². The largest absolute Gasteiger partial charge is 0.478 e. The van der Waals surface area contributed by atoms with Crippen LogP contribution < -0.4 is 0 Å². The molecular weight excluding hydrogens is 388 g/mol. The molecule has 2 aliphatic carbocycles. The Balaban J connectivity index is 0.000000381. The van der Waals surface area contributed by atoms with Gasteiger partial charge >= 0.3 is 11.9 Å². The highest BCUT2D eigenvalue weighted by Crippen LogP contribution is 2.36. The summed E-state index contributed by atoms with van der Waals surface area (Å²) < 4.78 is 0. The standard InChI is InChI=1S/C21H16O4.C6H4/c1-5-13-11-15(19(22)23)7-9-17(13)21(3,4)18-10-8-16(20(24)25)12-14(18)6-2;1-2-5-4-6(5)3-1/h1-2,7-12H,3-4H3,(H,22,23)(H,24,25);1-4H. The number of fused-ring (bicyclic) bond motifs is 1. The quantitative estimate of drug-likeness (QED) is 0.464. The van der Waals surface area contributed by atoms with E-state index in [2.05, 4.69) is 36.1 Å². The number of carboxylic acid groups (broad SMARTS) is 2. The van der Waals surface area contributed by atoms with Gasteiger partial charge < -0.3 is 10.2 Å². The molecule has 0 saturated carbocycles. The van der Waals surface area contributed by atoms with Crippen molar-refractivity contribution in [2.24, 2.45) is 0 Å². The molecule has 0 amide bonds. The van der Waals surface area contributed by atoms with Gasteiger partial charge in [-0.2, -0.15) is 0 Å². The molecule has 0 atom stereocenters. The summed E-state index contributed by atoms with van der Waals surface area (Å²) in [6.45, 7) is 3.81. The topological polar surface area (TPSA) is 74.6 Å². The summed E-state index contributed by atoms with van der Waals surface area (Å²) >= 11 is 0. The number of benzene rings is 3. The van der Waals surface area contributed by atoms with Gasteiger partial charge in [-0.15, -0.1) is 12.8 Å². The monoisotopic (exact) mass is 408 g/mol. The highest BCUT2D eigenvalue weighted by molar-refractivity contribution is 5.89. The molecule has 0 saturated heterocycles. The zero-order chi connectivity index (χ0) is 22.8. The van der Waals surface area contributed by atoms with Crippen molar-refractivity contribution in [3.05, 3.63) is 94.0 Å². The maximum Gasteiger partial charge on any atom is 0.335 e. The van der Waals surface area contributed by atoms with Crippen LogP contribution in [0.15, 0.2) is 60.7 Å². The molecule has 0 unspecified atom stereocenters. The molecule has 2 aromatic rings. The molecule has 0 aromatic heterocycles. The van der Waals surface area contributed by atoms with Gasteiger partial charge in [-0.3, -0.25) is 0 Å². The van der Waals surface area contributed by atoms with Crippen LogP contribution >= 0.6 is 0 Å². The van der Waals surface area contributed by atoms with Gasteiger partial charge in [0.15, 0.2) is 0 Å². The molecule has 4 nitrogen and oxygen atoms in total. The summed E-state index contributed by atoms with van der Waals surface area (Å²) in [7, 11) is 0. The molecule has 2 aliphatic rings. The number of carboxylic acids is 2. The Labute approximate surface area is 181 Å². The molecule has 0 spiro atoms. The molecule has 0 aliphatic heterocycles. The van der Waals surface area contributed by atoms with Crippen molar-refractivity contribution in [1.82, 2.24) is 0 Å². The summed E-state index contributed by atoms with van der Waals surface area (Å²) in [5, 5.41) is 18.3. The van der Waals surface area contributed by atoms with Crippen molar-refractivity contribution >= 4 is 11.9 Å². The third kappa shape index (κ3) is 4.34. The number of hydrogen-bond donors (Lipinski definition) is 2. The summed E-state index contributed by atoms with van der Waals surface area (Å²) in [6.07, 6.45) is 11.1. The van der Waals surface area contributed by atoms with Gasteiger partial charge in [0.05, 0.1) is 11.1 Å². The zero-order valence-corrected chi connectivity index (χ0v) is 17.1. The second-order valence-electron chi connectivity index (χ2n) is 7.63. The van der Waals surface area contributed by atoms with Gasteiger partial charge in [0.1, 0.15) is 0 Å². The van der Waals surface area contributed by atoms with E-state index in [0.29, 0.717) is 11.1 Å². The summed E-state index contributed by atoms with van der Waals surface area (Å²) in [5.41, 5.74) is 4.80. The average Bonchev–Trinajstić information content (AvgIpc) is 3.37. The Kier molecular flexibility index (Phi) is 5.68. The van der Waals surface area contributed by atoms with E-state index >= 15 is 0 Å². The summed E-state index contributed by atoms with van der Waals surface area (Å²) in [5.74, 6) is 2.93. The van der Waals surface area contributed by atoms with E-state index in [0.717, 1.165) is 11.1 Å². The number of terminal acetylenes is 2. The first-order valence-corrected chi connectivity index (χ1v) is 9.48. The first kappa shape index (κ1) is 21.4. The molecule has 0 heterocycles. The molecule has 2 aromatic carbocycles. The van der Waals surface area contributed by atoms with Crippen LogP contribution in [-0.2, 0) is 5.41 Å². The number of hydrogen-bond acceptors (Lipinski definition) is 2. The van der Waals surface area contributed by atoms with E-state index in [1.807, 2.05) is 13.8 Å². The molecule has 0 fully saturated rings. The van der Waals surface area contributed by atoms with E-state index in [1.165, 1.54) is 35.4 Å². The lowest BCUT2D eigenvalue weighted by atomic mass is 9.74. The summed E-state index contributed by atoms with van der Waals surface area (Å²) in [4.78, 5) is 22.3. The molecule has 0 radical (unpaired) electrons. The molecule has 2 N–H and O–H groups in total. The first-order valence-electron chi connectivity index (χ1n) is 9.48. The molecular formula is C27H20O4. The number of aromatic carboxylic acids is 2. The maximum absolute atomic E-state index is 11.2.